The Morgan fingerprint density at radius 3 is 2.70 bits per heavy atom. The van der Waals surface area contributed by atoms with E-state index in [1.807, 2.05) is 12.1 Å². The van der Waals surface area contributed by atoms with Crippen LogP contribution in [0.2, 0.25) is 0 Å². The van der Waals surface area contributed by atoms with Crippen molar-refractivity contribution in [2.45, 2.75) is 49.4 Å². The van der Waals surface area contributed by atoms with Gasteiger partial charge in [-0.2, -0.15) is 0 Å². The van der Waals surface area contributed by atoms with Gasteiger partial charge in [-0.05, 0) is 42.7 Å². The molecule has 0 bridgehead atoms. The van der Waals surface area contributed by atoms with E-state index < -0.39 is 15.9 Å². The van der Waals surface area contributed by atoms with Crippen LogP contribution in [0.5, 0.6) is 0 Å². The lowest BCUT2D eigenvalue weighted by molar-refractivity contribution is 0.0541. The molecule has 0 aromatic heterocycles. The highest BCUT2D eigenvalue weighted by Crippen LogP contribution is 2.43. The molecule has 110 valence electrons. The maximum absolute atomic E-state index is 11.7. The molecule has 4 unspecified atom stereocenters. The third kappa shape index (κ3) is 2.51. The van der Waals surface area contributed by atoms with Crippen LogP contribution in [-0.2, 0) is 16.3 Å². The highest BCUT2D eigenvalue weighted by Gasteiger charge is 2.39. The normalized spacial score (nSPS) is 31.2. The van der Waals surface area contributed by atoms with Gasteiger partial charge in [0.05, 0.1) is 11.4 Å². The average molecular weight is 294 g/mol. The van der Waals surface area contributed by atoms with Gasteiger partial charge in [0.2, 0.25) is 0 Å². The Hall–Kier alpha value is -0.870. The Bertz CT molecular complexity index is 593. The van der Waals surface area contributed by atoms with E-state index in [9.17, 15) is 13.5 Å². The first-order valence-corrected chi connectivity index (χ1v) is 9.37. The Labute approximate surface area is 120 Å². The summed E-state index contributed by atoms with van der Waals surface area (Å²) in [4.78, 5) is 0. The van der Waals surface area contributed by atoms with Crippen molar-refractivity contribution >= 4 is 9.84 Å². The second kappa shape index (κ2) is 5.15. The van der Waals surface area contributed by atoms with Crippen LogP contribution >= 0.6 is 0 Å². The molecule has 0 saturated heterocycles. The van der Waals surface area contributed by atoms with Crippen LogP contribution in [0.15, 0.2) is 24.3 Å². The van der Waals surface area contributed by atoms with Gasteiger partial charge in [-0.1, -0.05) is 30.7 Å². The standard InChI is InChI=1S/C16H22O3S/c1-20(18,19)13-7-4-6-12(9-13)16(17)15-10-11-5-2-3-8-14(11)15/h2-3,5,8,12-13,15-17H,4,6-7,9-10H2,1H3. The molecule has 4 heteroatoms. The Kier molecular flexibility index (Phi) is 3.63. The molecule has 0 radical (unpaired) electrons. The minimum Gasteiger partial charge on any atom is -0.392 e. The van der Waals surface area contributed by atoms with E-state index >= 15 is 0 Å². The van der Waals surface area contributed by atoms with Crippen LogP contribution in [0.1, 0.15) is 42.7 Å². The molecule has 1 aromatic rings. The Balaban J connectivity index is 1.71. The van der Waals surface area contributed by atoms with Gasteiger partial charge in [0, 0.05) is 12.2 Å². The number of hydrogen-bond donors (Lipinski definition) is 1. The molecule has 0 amide bonds. The van der Waals surface area contributed by atoms with E-state index in [-0.39, 0.29) is 17.1 Å². The van der Waals surface area contributed by atoms with Crippen molar-refractivity contribution in [3.05, 3.63) is 35.4 Å². The van der Waals surface area contributed by atoms with E-state index in [0.29, 0.717) is 6.42 Å². The predicted octanol–water partition coefficient (Wildman–Crippen LogP) is 2.29. The van der Waals surface area contributed by atoms with E-state index in [1.54, 1.807) is 0 Å². The van der Waals surface area contributed by atoms with Crippen molar-refractivity contribution in [3.63, 3.8) is 0 Å². The van der Waals surface area contributed by atoms with Crippen molar-refractivity contribution in [1.29, 1.82) is 0 Å². The zero-order chi connectivity index (χ0) is 14.3. The van der Waals surface area contributed by atoms with Crippen LogP contribution in [0.25, 0.3) is 0 Å². The molecular formula is C16H22O3S. The van der Waals surface area contributed by atoms with Gasteiger partial charge < -0.3 is 5.11 Å². The zero-order valence-corrected chi connectivity index (χ0v) is 12.6. The number of aliphatic hydroxyl groups is 1. The summed E-state index contributed by atoms with van der Waals surface area (Å²) in [7, 11) is -2.98. The molecule has 4 atom stereocenters. The molecule has 3 nitrogen and oxygen atoms in total. The fourth-order valence-electron chi connectivity index (χ4n) is 3.81. The molecule has 1 aromatic carbocycles. The van der Waals surface area contributed by atoms with Crippen LogP contribution in [-0.4, -0.2) is 31.1 Å². The molecule has 0 heterocycles. The van der Waals surface area contributed by atoms with Gasteiger partial charge in [-0.15, -0.1) is 0 Å². The second-order valence-corrected chi connectivity index (χ2v) is 8.70. The molecule has 2 aliphatic rings. The predicted molar refractivity (Wildman–Crippen MR) is 79.5 cm³/mol. The highest BCUT2D eigenvalue weighted by molar-refractivity contribution is 7.91. The summed E-state index contributed by atoms with van der Waals surface area (Å²) >= 11 is 0. The van der Waals surface area contributed by atoms with Crippen molar-refractivity contribution in [2.75, 3.05) is 6.26 Å². The third-order valence-electron chi connectivity index (χ3n) is 5.06. The van der Waals surface area contributed by atoms with Crippen molar-refractivity contribution in [2.24, 2.45) is 5.92 Å². The van der Waals surface area contributed by atoms with Gasteiger partial charge in [-0.3, -0.25) is 0 Å². The van der Waals surface area contributed by atoms with Crippen LogP contribution < -0.4 is 0 Å². The quantitative estimate of drug-likeness (QED) is 0.930. The summed E-state index contributed by atoms with van der Waals surface area (Å²) in [5.41, 5.74) is 2.58. The molecule has 1 N–H and O–H groups in total. The largest absolute Gasteiger partial charge is 0.392 e. The Morgan fingerprint density at radius 1 is 1.25 bits per heavy atom. The summed E-state index contributed by atoms with van der Waals surface area (Å²) in [6.45, 7) is 0. The van der Waals surface area contributed by atoms with E-state index in [2.05, 4.69) is 12.1 Å². The molecule has 20 heavy (non-hydrogen) atoms. The van der Waals surface area contributed by atoms with E-state index in [4.69, 9.17) is 0 Å². The lowest BCUT2D eigenvalue weighted by atomic mass is 9.69. The topological polar surface area (TPSA) is 54.4 Å². The third-order valence-corrected chi connectivity index (χ3v) is 6.70. The molecule has 1 saturated carbocycles. The molecule has 2 aliphatic carbocycles. The molecule has 3 rings (SSSR count). The van der Waals surface area contributed by atoms with Gasteiger partial charge in [0.25, 0.3) is 0 Å². The summed E-state index contributed by atoms with van der Waals surface area (Å²) in [6.07, 6.45) is 5.10. The SMILES string of the molecule is CS(=O)(=O)C1CCCC(C(O)C2Cc3ccccc32)C1. The summed E-state index contributed by atoms with van der Waals surface area (Å²) in [5.74, 6) is 0.330. The van der Waals surface area contributed by atoms with Gasteiger partial charge in [0.15, 0.2) is 0 Å². The molecule has 1 fully saturated rings. The maximum atomic E-state index is 11.7. The Morgan fingerprint density at radius 2 is 2.00 bits per heavy atom. The number of hydrogen-bond acceptors (Lipinski definition) is 3. The molecule has 0 spiro atoms. The number of aliphatic hydroxyl groups excluding tert-OH is 1. The van der Waals surface area contributed by atoms with Gasteiger partial charge in [-0.25, -0.2) is 8.42 Å². The van der Waals surface area contributed by atoms with Gasteiger partial charge >= 0.3 is 0 Å². The first-order chi connectivity index (χ1) is 9.47. The highest BCUT2D eigenvalue weighted by atomic mass is 32.2. The zero-order valence-electron chi connectivity index (χ0n) is 11.8. The minimum absolute atomic E-state index is 0.127. The minimum atomic E-state index is -2.98. The smallest absolute Gasteiger partial charge is 0.150 e. The van der Waals surface area contributed by atoms with Crippen LogP contribution in [0, 0.1) is 5.92 Å². The van der Waals surface area contributed by atoms with E-state index in [0.717, 1.165) is 25.7 Å². The van der Waals surface area contributed by atoms with Gasteiger partial charge in [0.1, 0.15) is 9.84 Å². The van der Waals surface area contributed by atoms with Crippen LogP contribution in [0.3, 0.4) is 0 Å². The maximum Gasteiger partial charge on any atom is 0.150 e. The van der Waals surface area contributed by atoms with Crippen molar-refractivity contribution in [3.8, 4) is 0 Å². The lowest BCUT2D eigenvalue weighted by Gasteiger charge is -2.40. The fraction of sp³-hybridized carbons (Fsp3) is 0.625. The van der Waals surface area contributed by atoms with Crippen LogP contribution in [0.4, 0.5) is 0 Å². The summed E-state index contributed by atoms with van der Waals surface area (Å²) in [6, 6.07) is 8.24. The molecule has 0 aliphatic heterocycles. The first-order valence-electron chi connectivity index (χ1n) is 7.41. The number of benzene rings is 1. The number of rotatable bonds is 3. The average Bonchev–Trinajstić information content (AvgIpc) is 2.39. The summed E-state index contributed by atoms with van der Waals surface area (Å²) < 4.78 is 23.4. The second-order valence-electron chi connectivity index (χ2n) is 6.38. The number of fused-ring (bicyclic) bond motifs is 1. The lowest BCUT2D eigenvalue weighted by Crippen LogP contribution is -2.39. The van der Waals surface area contributed by atoms with E-state index in [1.165, 1.54) is 17.4 Å². The summed E-state index contributed by atoms with van der Waals surface area (Å²) in [5, 5.41) is 10.4. The fourth-order valence-corrected chi connectivity index (χ4v) is 5.00. The first kappa shape index (κ1) is 14.1. The monoisotopic (exact) mass is 294 g/mol. The number of sulfone groups is 1. The van der Waals surface area contributed by atoms with Crippen molar-refractivity contribution in [1.82, 2.24) is 0 Å². The molecular weight excluding hydrogens is 272 g/mol. The van der Waals surface area contributed by atoms with Crippen molar-refractivity contribution < 1.29 is 13.5 Å².